The molecule has 2 nitrogen and oxygen atoms in total. The Hall–Kier alpha value is -7.94. The van der Waals surface area contributed by atoms with Crippen LogP contribution < -0.4 is 4.90 Å². The van der Waals surface area contributed by atoms with E-state index in [2.05, 4.69) is 235 Å². The molecule has 1 aliphatic rings. The molecule has 1 aromatic heterocycles. The molecule has 0 aliphatic heterocycles. The van der Waals surface area contributed by atoms with Gasteiger partial charge in [-0.2, -0.15) is 0 Å². The lowest BCUT2D eigenvalue weighted by atomic mass is 9.67. The van der Waals surface area contributed by atoms with Gasteiger partial charge in [-0.05, 0) is 91.7 Å². The van der Waals surface area contributed by atoms with Crippen molar-refractivity contribution < 1.29 is 4.42 Å². The van der Waals surface area contributed by atoms with Gasteiger partial charge in [0, 0.05) is 33.3 Å². The van der Waals surface area contributed by atoms with Crippen LogP contribution in [0.15, 0.2) is 241 Å². The van der Waals surface area contributed by atoms with Crippen LogP contribution in [0.2, 0.25) is 0 Å². The third-order valence-electron chi connectivity index (χ3n) is 12.8. The highest BCUT2D eigenvalue weighted by Crippen LogP contribution is 2.57. The zero-order valence-corrected chi connectivity index (χ0v) is 33.4. The van der Waals surface area contributed by atoms with E-state index in [9.17, 15) is 0 Å². The molecule has 0 fully saturated rings. The van der Waals surface area contributed by atoms with Crippen molar-refractivity contribution in [2.75, 3.05) is 4.90 Å². The maximum atomic E-state index is 6.69. The number of fused-ring (bicyclic) bond motifs is 7. The van der Waals surface area contributed by atoms with Crippen molar-refractivity contribution in [3.8, 4) is 33.4 Å². The Bertz CT molecular complexity index is 3370. The van der Waals surface area contributed by atoms with Crippen molar-refractivity contribution in [1.82, 2.24) is 0 Å². The topological polar surface area (TPSA) is 16.4 Å². The van der Waals surface area contributed by atoms with E-state index in [4.69, 9.17) is 4.42 Å². The van der Waals surface area contributed by atoms with Gasteiger partial charge in [-0.15, -0.1) is 0 Å². The quantitative estimate of drug-likeness (QED) is 0.160. The maximum Gasteiger partial charge on any atom is 0.143 e. The Balaban J connectivity index is 1.11. The molecule has 0 unspecified atom stereocenters. The lowest BCUT2D eigenvalue weighted by Crippen LogP contribution is -2.28. The molecule has 12 rings (SSSR count). The van der Waals surface area contributed by atoms with E-state index in [0.717, 1.165) is 50.1 Å². The number of nitrogens with zero attached hydrogens (tertiary/aromatic N) is 1. The third kappa shape index (κ3) is 5.43. The van der Waals surface area contributed by atoms with Gasteiger partial charge >= 0.3 is 0 Å². The van der Waals surface area contributed by atoms with E-state index in [0.29, 0.717) is 0 Å². The summed E-state index contributed by atoms with van der Waals surface area (Å²) in [6.07, 6.45) is 0. The zero-order chi connectivity index (χ0) is 40.3. The zero-order valence-electron chi connectivity index (χ0n) is 33.4. The Morgan fingerprint density at radius 2 is 0.902 bits per heavy atom. The average Bonchev–Trinajstić information content (AvgIpc) is 3.86. The van der Waals surface area contributed by atoms with Gasteiger partial charge in [0.2, 0.25) is 0 Å². The van der Waals surface area contributed by atoms with E-state index in [-0.39, 0.29) is 0 Å². The van der Waals surface area contributed by atoms with Gasteiger partial charge in [-0.1, -0.05) is 200 Å². The molecule has 0 N–H and O–H groups in total. The van der Waals surface area contributed by atoms with Gasteiger partial charge in [0.05, 0.1) is 11.1 Å². The van der Waals surface area contributed by atoms with Crippen LogP contribution in [0.5, 0.6) is 0 Å². The highest BCUT2D eigenvalue weighted by molar-refractivity contribution is 6.11. The van der Waals surface area contributed by atoms with E-state index in [1.54, 1.807) is 0 Å². The van der Waals surface area contributed by atoms with E-state index in [1.807, 2.05) is 6.07 Å². The minimum Gasteiger partial charge on any atom is -0.455 e. The number of rotatable bonds is 7. The predicted molar refractivity (Wildman–Crippen MR) is 254 cm³/mol. The summed E-state index contributed by atoms with van der Waals surface area (Å²) >= 11 is 0. The molecule has 2 heteroatoms. The summed E-state index contributed by atoms with van der Waals surface area (Å²) in [5.74, 6) is 0. The molecule has 0 saturated heterocycles. The molecule has 61 heavy (non-hydrogen) atoms. The minimum absolute atomic E-state index is 0.534. The molecule has 1 aliphatic carbocycles. The summed E-state index contributed by atoms with van der Waals surface area (Å²) in [5, 5.41) is 4.71. The van der Waals surface area contributed by atoms with Gasteiger partial charge in [0.15, 0.2) is 0 Å². The first-order valence-electron chi connectivity index (χ1n) is 21.0. The van der Waals surface area contributed by atoms with Crippen LogP contribution in [0, 0.1) is 0 Å². The molecular formula is C59H39NO. The largest absolute Gasteiger partial charge is 0.455 e. The monoisotopic (exact) mass is 777 g/mol. The van der Waals surface area contributed by atoms with Crippen molar-refractivity contribution in [2.24, 2.45) is 0 Å². The van der Waals surface area contributed by atoms with Gasteiger partial charge in [-0.25, -0.2) is 0 Å². The molecule has 0 amide bonds. The summed E-state index contributed by atoms with van der Waals surface area (Å²) in [6.45, 7) is 0. The Kier molecular flexibility index (Phi) is 8.11. The molecule has 11 aromatic rings. The van der Waals surface area contributed by atoms with Crippen LogP contribution in [-0.4, -0.2) is 0 Å². The fourth-order valence-electron chi connectivity index (χ4n) is 10.1. The fraction of sp³-hybridized carbons (Fsp3) is 0.0169. The van der Waals surface area contributed by atoms with Crippen molar-refractivity contribution in [3.63, 3.8) is 0 Å². The van der Waals surface area contributed by atoms with Crippen LogP contribution >= 0.6 is 0 Å². The second-order valence-electron chi connectivity index (χ2n) is 16.0. The Morgan fingerprint density at radius 3 is 1.70 bits per heavy atom. The lowest BCUT2D eigenvalue weighted by Gasteiger charge is -2.35. The summed E-state index contributed by atoms with van der Waals surface area (Å²) in [5.41, 5.74) is 16.5. The van der Waals surface area contributed by atoms with E-state index >= 15 is 0 Å². The lowest BCUT2D eigenvalue weighted by molar-refractivity contribution is 0.670. The Labute approximate surface area is 355 Å². The van der Waals surface area contributed by atoms with Crippen LogP contribution in [0.25, 0.3) is 66.1 Å². The predicted octanol–water partition coefficient (Wildman–Crippen LogP) is 15.9. The first-order chi connectivity index (χ1) is 30.3. The number of furan rings is 1. The summed E-state index contributed by atoms with van der Waals surface area (Å²) in [4.78, 5) is 2.44. The molecule has 286 valence electrons. The second kappa shape index (κ2) is 14.1. The molecular weight excluding hydrogens is 739 g/mol. The van der Waals surface area contributed by atoms with Crippen LogP contribution in [-0.2, 0) is 5.41 Å². The van der Waals surface area contributed by atoms with Crippen LogP contribution in [0.1, 0.15) is 22.3 Å². The van der Waals surface area contributed by atoms with Gasteiger partial charge < -0.3 is 9.32 Å². The SMILES string of the molecule is c1ccc(C2(c3ccccc3)c3ccccc3-c3ccc(N(c4ccc(-c5cccc6ccccc56)cc4)c4ccccc4-c4cccc5c4oc4ccccc45)cc32)cc1. The van der Waals surface area contributed by atoms with Crippen LogP contribution in [0.4, 0.5) is 17.1 Å². The number of para-hydroxylation sites is 3. The number of anilines is 3. The molecule has 1 heterocycles. The van der Waals surface area contributed by atoms with Crippen molar-refractivity contribution >= 4 is 49.8 Å². The first kappa shape index (κ1) is 35.0. The number of benzene rings is 10. The highest BCUT2D eigenvalue weighted by Gasteiger charge is 2.46. The Morgan fingerprint density at radius 1 is 0.344 bits per heavy atom. The molecule has 0 radical (unpaired) electrons. The highest BCUT2D eigenvalue weighted by atomic mass is 16.3. The molecule has 0 atom stereocenters. The summed E-state index contributed by atoms with van der Waals surface area (Å²) in [6, 6.07) is 86.0. The number of hydrogen-bond acceptors (Lipinski definition) is 2. The normalized spacial score (nSPS) is 12.7. The first-order valence-corrected chi connectivity index (χ1v) is 21.0. The van der Waals surface area contributed by atoms with E-state index in [1.165, 1.54) is 55.3 Å². The van der Waals surface area contributed by atoms with Crippen LogP contribution in [0.3, 0.4) is 0 Å². The molecule has 0 spiro atoms. The van der Waals surface area contributed by atoms with Crippen molar-refractivity contribution in [3.05, 3.63) is 259 Å². The second-order valence-corrected chi connectivity index (χ2v) is 16.0. The molecule has 10 aromatic carbocycles. The molecule has 0 saturated carbocycles. The van der Waals surface area contributed by atoms with Gasteiger partial charge in [0.1, 0.15) is 11.2 Å². The van der Waals surface area contributed by atoms with Crippen molar-refractivity contribution in [2.45, 2.75) is 5.41 Å². The van der Waals surface area contributed by atoms with Gasteiger partial charge in [-0.3, -0.25) is 0 Å². The standard InChI is InChI=1S/C59H39NO/c1-3-19-42(20-4-1)59(43-21-5-2-6-22-43)54-30-12-9-24-48(54)49-38-37-45(39-55(49)59)60(44-35-33-41(34-36-44)47-27-15-18-40-17-7-8-23-46(40)47)56-31-13-10-25-50(56)52-28-16-29-53-51-26-11-14-32-57(51)61-58(52)53/h1-39H. The maximum absolute atomic E-state index is 6.69. The van der Waals surface area contributed by atoms with E-state index < -0.39 is 5.41 Å². The summed E-state index contributed by atoms with van der Waals surface area (Å²) in [7, 11) is 0. The molecule has 0 bridgehead atoms. The minimum atomic E-state index is -0.534. The fourth-order valence-corrected chi connectivity index (χ4v) is 10.1. The summed E-state index contributed by atoms with van der Waals surface area (Å²) < 4.78 is 6.69. The average molecular weight is 778 g/mol. The number of hydrogen-bond donors (Lipinski definition) is 0. The third-order valence-corrected chi connectivity index (χ3v) is 12.8. The van der Waals surface area contributed by atoms with Crippen molar-refractivity contribution in [1.29, 1.82) is 0 Å². The van der Waals surface area contributed by atoms with Gasteiger partial charge in [0.25, 0.3) is 0 Å². The smallest absolute Gasteiger partial charge is 0.143 e.